The van der Waals surface area contributed by atoms with E-state index in [4.69, 9.17) is 11.6 Å². The zero-order valence-corrected chi connectivity index (χ0v) is 17.0. The van der Waals surface area contributed by atoms with Crippen molar-refractivity contribution in [2.75, 3.05) is 24.5 Å². The number of halogens is 4. The average Bonchev–Trinajstić information content (AvgIpc) is 3.24. The lowest BCUT2D eigenvalue weighted by Gasteiger charge is -2.21. The van der Waals surface area contributed by atoms with Gasteiger partial charge in [0.1, 0.15) is 12.2 Å². The van der Waals surface area contributed by atoms with Crippen LogP contribution in [0.3, 0.4) is 0 Å². The van der Waals surface area contributed by atoms with Crippen LogP contribution in [0.1, 0.15) is 26.2 Å². The van der Waals surface area contributed by atoms with Crippen LogP contribution in [-0.4, -0.2) is 57.3 Å². The van der Waals surface area contributed by atoms with Crippen LogP contribution < -0.4 is 4.90 Å². The van der Waals surface area contributed by atoms with Gasteiger partial charge in [-0.15, -0.1) is 0 Å². The lowest BCUT2D eigenvalue weighted by molar-refractivity contribution is -0.158. The first-order valence-electron chi connectivity index (χ1n) is 9.51. The summed E-state index contributed by atoms with van der Waals surface area (Å²) in [5, 5.41) is 4.35. The first kappa shape index (κ1) is 22.1. The number of pyridine rings is 1. The Morgan fingerprint density at radius 2 is 2.17 bits per heavy atom. The van der Waals surface area contributed by atoms with Crippen molar-refractivity contribution in [1.82, 2.24) is 19.7 Å². The molecule has 1 saturated heterocycles. The van der Waals surface area contributed by atoms with E-state index in [1.54, 1.807) is 37.6 Å². The van der Waals surface area contributed by atoms with Crippen LogP contribution in [0.15, 0.2) is 30.7 Å². The van der Waals surface area contributed by atoms with Gasteiger partial charge < -0.3 is 9.80 Å². The molecule has 0 aromatic carbocycles. The molecule has 30 heavy (non-hydrogen) atoms. The second-order valence-electron chi connectivity index (χ2n) is 7.00. The summed E-state index contributed by atoms with van der Waals surface area (Å²) < 4.78 is 39.1. The van der Waals surface area contributed by atoms with Crippen LogP contribution in [0.2, 0.25) is 5.15 Å². The van der Waals surface area contributed by atoms with Gasteiger partial charge in [-0.3, -0.25) is 14.6 Å². The highest BCUT2D eigenvalue weighted by Gasteiger charge is 2.39. The summed E-state index contributed by atoms with van der Waals surface area (Å²) in [5.41, 5.74) is 1.10. The predicted octanol–water partition coefficient (Wildman–Crippen LogP) is 3.46. The molecule has 1 atom stereocenters. The maximum absolute atomic E-state index is 12.8. The molecule has 3 heterocycles. The fraction of sp³-hybridized carbons (Fsp3) is 0.474. The largest absolute Gasteiger partial charge is 0.406 e. The summed E-state index contributed by atoms with van der Waals surface area (Å²) in [6.45, 7) is 0.913. The standard InChI is InChI=1S/C19H21ClF3N5O2/c1-2-27(15-11-28(25-17(15)20)14-4-3-8-24-10-14)16(29)6-5-13-7-9-26(18(13)30)12-19(21,22)23/h3-4,8,10-11,13H,2,5-7,9,12H2,1H3. The van der Waals surface area contributed by atoms with E-state index < -0.39 is 24.5 Å². The Balaban J connectivity index is 1.64. The average molecular weight is 444 g/mol. The number of anilines is 1. The van der Waals surface area contributed by atoms with Crippen molar-refractivity contribution in [3.63, 3.8) is 0 Å². The molecule has 11 heteroatoms. The van der Waals surface area contributed by atoms with Crippen LogP contribution in [0.4, 0.5) is 18.9 Å². The molecule has 7 nitrogen and oxygen atoms in total. The number of hydrogen-bond acceptors (Lipinski definition) is 4. The summed E-state index contributed by atoms with van der Waals surface area (Å²) in [6, 6.07) is 3.53. The minimum absolute atomic E-state index is 0.0263. The maximum atomic E-state index is 12.8. The highest BCUT2D eigenvalue weighted by molar-refractivity contribution is 6.32. The number of carbonyl (C=O) groups excluding carboxylic acids is 2. The fourth-order valence-corrected chi connectivity index (χ4v) is 3.74. The third kappa shape index (κ3) is 5.10. The van der Waals surface area contributed by atoms with Gasteiger partial charge in [0.25, 0.3) is 0 Å². The van der Waals surface area contributed by atoms with Gasteiger partial charge in [0.2, 0.25) is 11.8 Å². The normalized spacial score (nSPS) is 16.9. The quantitative estimate of drug-likeness (QED) is 0.657. The highest BCUT2D eigenvalue weighted by atomic mass is 35.5. The summed E-state index contributed by atoms with van der Waals surface area (Å²) >= 11 is 6.23. The summed E-state index contributed by atoms with van der Waals surface area (Å²) in [5.74, 6) is -1.40. The topological polar surface area (TPSA) is 71.3 Å². The van der Waals surface area contributed by atoms with Crippen molar-refractivity contribution in [3.05, 3.63) is 35.9 Å². The van der Waals surface area contributed by atoms with Crippen LogP contribution >= 0.6 is 11.6 Å². The molecular weight excluding hydrogens is 423 g/mol. The Morgan fingerprint density at radius 1 is 1.40 bits per heavy atom. The molecule has 1 aliphatic rings. The zero-order valence-electron chi connectivity index (χ0n) is 16.3. The number of nitrogens with zero attached hydrogens (tertiary/aromatic N) is 5. The van der Waals surface area contributed by atoms with Crippen molar-refractivity contribution >= 4 is 29.1 Å². The molecule has 2 aromatic heterocycles. The Bertz CT molecular complexity index is 903. The van der Waals surface area contributed by atoms with Crippen LogP contribution in [0.5, 0.6) is 0 Å². The van der Waals surface area contributed by atoms with E-state index in [1.807, 2.05) is 0 Å². The molecule has 0 bridgehead atoms. The second-order valence-corrected chi connectivity index (χ2v) is 7.36. The lowest BCUT2D eigenvalue weighted by Crippen LogP contribution is -2.36. The fourth-order valence-electron chi connectivity index (χ4n) is 3.50. The van der Waals surface area contributed by atoms with Gasteiger partial charge in [-0.05, 0) is 31.9 Å². The smallest absolute Gasteiger partial charge is 0.333 e. The van der Waals surface area contributed by atoms with Crippen molar-refractivity contribution in [1.29, 1.82) is 0 Å². The summed E-state index contributed by atoms with van der Waals surface area (Å²) in [6.07, 6.45) is 0.946. The molecule has 0 spiro atoms. The van der Waals surface area contributed by atoms with E-state index in [-0.39, 0.29) is 30.4 Å². The van der Waals surface area contributed by atoms with Gasteiger partial charge in [-0.2, -0.15) is 18.3 Å². The molecule has 0 aliphatic carbocycles. The van der Waals surface area contributed by atoms with Crippen LogP contribution in [0.25, 0.3) is 5.69 Å². The minimum Gasteiger partial charge on any atom is -0.333 e. The minimum atomic E-state index is -4.43. The van der Waals surface area contributed by atoms with Crippen molar-refractivity contribution in [2.24, 2.45) is 5.92 Å². The van der Waals surface area contributed by atoms with Gasteiger partial charge in [-0.1, -0.05) is 11.6 Å². The third-order valence-electron chi connectivity index (χ3n) is 4.96. The van der Waals surface area contributed by atoms with E-state index in [0.29, 0.717) is 24.3 Å². The van der Waals surface area contributed by atoms with Crippen LogP contribution in [0, 0.1) is 5.92 Å². The summed E-state index contributed by atoms with van der Waals surface area (Å²) in [4.78, 5) is 31.2. The number of likely N-dealkylation sites (tertiary alicyclic amines) is 1. The van der Waals surface area contributed by atoms with Gasteiger partial charge in [0.05, 0.1) is 18.1 Å². The maximum Gasteiger partial charge on any atom is 0.406 e. The molecule has 1 unspecified atom stereocenters. The first-order valence-corrected chi connectivity index (χ1v) is 9.89. The Labute approximate surface area is 176 Å². The summed E-state index contributed by atoms with van der Waals surface area (Å²) in [7, 11) is 0. The number of hydrogen-bond donors (Lipinski definition) is 0. The molecule has 2 aromatic rings. The van der Waals surface area contributed by atoms with Crippen molar-refractivity contribution < 1.29 is 22.8 Å². The van der Waals surface area contributed by atoms with Gasteiger partial charge >= 0.3 is 6.18 Å². The van der Waals surface area contributed by atoms with Crippen LogP contribution in [-0.2, 0) is 9.59 Å². The highest BCUT2D eigenvalue weighted by Crippen LogP contribution is 2.29. The molecule has 0 saturated carbocycles. The number of alkyl halides is 3. The molecule has 0 N–H and O–H groups in total. The monoisotopic (exact) mass is 443 g/mol. The second kappa shape index (κ2) is 9.03. The third-order valence-corrected chi connectivity index (χ3v) is 5.22. The van der Waals surface area contributed by atoms with Gasteiger partial charge in [-0.25, -0.2) is 4.68 Å². The Hall–Kier alpha value is -2.62. The molecular formula is C19H21ClF3N5O2. The van der Waals surface area contributed by atoms with E-state index in [2.05, 4.69) is 10.1 Å². The molecule has 2 amide bonds. The zero-order chi connectivity index (χ0) is 21.9. The van der Waals surface area contributed by atoms with E-state index in [1.165, 1.54) is 9.58 Å². The predicted molar refractivity (Wildman–Crippen MR) is 104 cm³/mol. The number of rotatable bonds is 7. The van der Waals surface area contributed by atoms with E-state index >= 15 is 0 Å². The SMILES string of the molecule is CCN(C(=O)CCC1CCN(CC(F)(F)F)C1=O)c1cn(-c2cccnc2)nc1Cl. The molecule has 162 valence electrons. The molecule has 3 rings (SSSR count). The van der Waals surface area contributed by atoms with Crippen molar-refractivity contribution in [3.8, 4) is 5.69 Å². The number of carbonyl (C=O) groups is 2. The van der Waals surface area contributed by atoms with Crippen molar-refractivity contribution in [2.45, 2.75) is 32.4 Å². The Kier molecular flexibility index (Phi) is 6.64. The first-order chi connectivity index (χ1) is 14.2. The van der Waals surface area contributed by atoms with Gasteiger partial charge in [0.15, 0.2) is 5.15 Å². The van der Waals surface area contributed by atoms with E-state index in [9.17, 15) is 22.8 Å². The lowest BCUT2D eigenvalue weighted by atomic mass is 10.0. The molecule has 0 radical (unpaired) electrons. The van der Waals surface area contributed by atoms with E-state index in [0.717, 1.165) is 4.90 Å². The number of amides is 2. The number of aromatic nitrogens is 3. The molecule has 1 fully saturated rings. The van der Waals surface area contributed by atoms with Gasteiger partial charge in [0, 0.05) is 31.6 Å². The molecule has 1 aliphatic heterocycles. The Morgan fingerprint density at radius 3 is 2.80 bits per heavy atom.